The second kappa shape index (κ2) is 7.92. The van der Waals surface area contributed by atoms with Gasteiger partial charge >= 0.3 is 5.97 Å². The van der Waals surface area contributed by atoms with Crippen molar-refractivity contribution in [2.75, 3.05) is 11.9 Å². The average molecular weight is 431 g/mol. The van der Waals surface area contributed by atoms with Gasteiger partial charge in [0.1, 0.15) is 11.6 Å². The van der Waals surface area contributed by atoms with Crippen molar-refractivity contribution in [2.24, 2.45) is 0 Å². The highest BCUT2D eigenvalue weighted by molar-refractivity contribution is 6.03. The molecule has 0 radical (unpaired) electrons. The number of para-hydroxylation sites is 2. The fourth-order valence-corrected chi connectivity index (χ4v) is 4.07. The van der Waals surface area contributed by atoms with Gasteiger partial charge in [-0.3, -0.25) is 4.57 Å². The van der Waals surface area contributed by atoms with Gasteiger partial charge < -0.3 is 10.1 Å². The Morgan fingerprint density at radius 1 is 1.00 bits per heavy atom. The van der Waals surface area contributed by atoms with E-state index in [0.29, 0.717) is 28.3 Å². The third-order valence-corrected chi connectivity index (χ3v) is 5.45. The molecule has 7 heteroatoms. The number of rotatable bonds is 4. The van der Waals surface area contributed by atoms with Crippen LogP contribution in [0.4, 0.5) is 14.7 Å². The Morgan fingerprint density at radius 2 is 1.66 bits per heavy atom. The molecule has 160 valence electrons. The van der Waals surface area contributed by atoms with Crippen molar-refractivity contribution in [2.45, 2.75) is 13.0 Å². The molecule has 1 atom stereocenters. The van der Waals surface area contributed by atoms with Crippen LogP contribution in [0.15, 0.2) is 78.4 Å². The van der Waals surface area contributed by atoms with E-state index in [4.69, 9.17) is 9.72 Å². The molecule has 0 unspecified atom stereocenters. The number of hydrogen-bond donors (Lipinski definition) is 1. The Balaban J connectivity index is 1.82. The van der Waals surface area contributed by atoms with Crippen LogP contribution >= 0.6 is 0 Å². The summed E-state index contributed by atoms with van der Waals surface area (Å²) in [6.07, 6.45) is 0. The molecule has 0 bridgehead atoms. The number of fused-ring (bicyclic) bond motifs is 3. The summed E-state index contributed by atoms with van der Waals surface area (Å²) in [5, 5.41) is 3.26. The lowest BCUT2D eigenvalue weighted by Gasteiger charge is -2.31. The topological polar surface area (TPSA) is 56.1 Å². The number of halogens is 2. The maximum atomic E-state index is 13.7. The second-order valence-corrected chi connectivity index (χ2v) is 7.39. The largest absolute Gasteiger partial charge is 0.463 e. The summed E-state index contributed by atoms with van der Waals surface area (Å²) in [6.45, 7) is 1.92. The van der Waals surface area contributed by atoms with Crippen molar-refractivity contribution < 1.29 is 18.3 Å². The summed E-state index contributed by atoms with van der Waals surface area (Å²) in [5.74, 6) is -0.756. The van der Waals surface area contributed by atoms with Gasteiger partial charge in [0.2, 0.25) is 5.95 Å². The van der Waals surface area contributed by atoms with E-state index in [-0.39, 0.29) is 18.2 Å². The maximum Gasteiger partial charge on any atom is 0.338 e. The summed E-state index contributed by atoms with van der Waals surface area (Å²) in [6, 6.07) is 18.8. The van der Waals surface area contributed by atoms with Crippen LogP contribution in [-0.2, 0) is 9.53 Å². The second-order valence-electron chi connectivity index (χ2n) is 7.39. The molecule has 1 aliphatic heterocycles. The highest BCUT2D eigenvalue weighted by Gasteiger charge is 2.36. The van der Waals surface area contributed by atoms with E-state index >= 15 is 0 Å². The molecule has 32 heavy (non-hydrogen) atoms. The Kier molecular flexibility index (Phi) is 4.93. The molecule has 1 aromatic heterocycles. The van der Waals surface area contributed by atoms with Crippen molar-refractivity contribution >= 4 is 28.6 Å². The van der Waals surface area contributed by atoms with Crippen LogP contribution in [-0.4, -0.2) is 22.1 Å². The first kappa shape index (κ1) is 19.9. The van der Waals surface area contributed by atoms with Crippen LogP contribution in [0.1, 0.15) is 24.1 Å². The van der Waals surface area contributed by atoms with Gasteiger partial charge in [-0.1, -0.05) is 24.3 Å². The van der Waals surface area contributed by atoms with Gasteiger partial charge in [-0.25, -0.2) is 18.6 Å². The number of carbonyl (C=O) groups is 1. The third kappa shape index (κ3) is 3.32. The first-order chi connectivity index (χ1) is 15.6. The smallest absolute Gasteiger partial charge is 0.338 e. The number of ether oxygens (including phenoxy) is 1. The lowest BCUT2D eigenvalue weighted by molar-refractivity contribution is -0.138. The normalized spacial score (nSPS) is 15.4. The fraction of sp³-hybridized carbons (Fsp3) is 0.120. The highest BCUT2D eigenvalue weighted by Crippen LogP contribution is 2.42. The van der Waals surface area contributed by atoms with Crippen molar-refractivity contribution in [1.29, 1.82) is 0 Å². The first-order valence-corrected chi connectivity index (χ1v) is 10.2. The van der Waals surface area contributed by atoms with Crippen molar-refractivity contribution in [1.82, 2.24) is 9.55 Å². The Bertz CT molecular complexity index is 1340. The van der Waals surface area contributed by atoms with Gasteiger partial charge in [0.15, 0.2) is 0 Å². The van der Waals surface area contributed by atoms with E-state index < -0.39 is 12.0 Å². The first-order valence-electron chi connectivity index (χ1n) is 10.2. The Hall–Kier alpha value is -4.00. The van der Waals surface area contributed by atoms with Gasteiger partial charge in [0.05, 0.1) is 35.0 Å². The predicted molar refractivity (Wildman–Crippen MR) is 118 cm³/mol. The number of benzene rings is 3. The minimum atomic E-state index is -0.627. The van der Waals surface area contributed by atoms with E-state index in [1.54, 1.807) is 31.2 Å². The minimum Gasteiger partial charge on any atom is -0.463 e. The zero-order valence-corrected chi connectivity index (χ0v) is 17.2. The zero-order chi connectivity index (χ0) is 22.2. The van der Waals surface area contributed by atoms with Crippen LogP contribution in [0, 0.1) is 11.6 Å². The molecule has 1 aliphatic rings. The standard InChI is InChI=1S/C25H19F2N3O2/c1-2-32-24(31)21-22(15-7-11-17(26)12-8-15)29-25-28-19-5-3-4-6-20(19)30(25)23(21)16-9-13-18(27)14-10-16/h3-14,23H,2H2,1H3,(H,28,29)/t23-/m1/s1. The molecular weight excluding hydrogens is 412 g/mol. The number of anilines is 1. The molecule has 3 aromatic carbocycles. The Labute approximate surface area is 183 Å². The number of nitrogens with one attached hydrogen (secondary N) is 1. The van der Waals surface area contributed by atoms with Crippen LogP contribution in [0.3, 0.4) is 0 Å². The summed E-state index contributed by atoms with van der Waals surface area (Å²) in [7, 11) is 0. The molecular formula is C25H19F2N3O2. The Morgan fingerprint density at radius 3 is 2.34 bits per heavy atom. The van der Waals surface area contributed by atoms with Crippen LogP contribution in [0.25, 0.3) is 16.7 Å². The van der Waals surface area contributed by atoms with Crippen LogP contribution < -0.4 is 5.32 Å². The summed E-state index contributed by atoms with van der Waals surface area (Å²) in [4.78, 5) is 18.0. The van der Waals surface area contributed by atoms with E-state index in [9.17, 15) is 13.6 Å². The number of carbonyl (C=O) groups excluding carboxylic acids is 1. The lowest BCUT2D eigenvalue weighted by Crippen LogP contribution is -2.29. The number of hydrogen-bond acceptors (Lipinski definition) is 4. The van der Waals surface area contributed by atoms with Gasteiger partial charge in [0.25, 0.3) is 0 Å². The predicted octanol–water partition coefficient (Wildman–Crippen LogP) is 5.30. The molecule has 1 N–H and O–H groups in total. The van der Waals surface area contributed by atoms with Gasteiger partial charge in [0, 0.05) is 0 Å². The molecule has 0 spiro atoms. The van der Waals surface area contributed by atoms with Crippen molar-refractivity contribution in [3.05, 3.63) is 101 Å². The van der Waals surface area contributed by atoms with Crippen LogP contribution in [0.2, 0.25) is 0 Å². The minimum absolute atomic E-state index is 0.187. The zero-order valence-electron chi connectivity index (χ0n) is 17.2. The van der Waals surface area contributed by atoms with E-state index in [1.807, 2.05) is 28.8 Å². The lowest BCUT2D eigenvalue weighted by atomic mass is 9.92. The van der Waals surface area contributed by atoms with Crippen molar-refractivity contribution in [3.8, 4) is 0 Å². The SMILES string of the molecule is CCOC(=O)C1=C(c2ccc(F)cc2)Nc2nc3ccccc3n2[C@@H]1c1ccc(F)cc1. The highest BCUT2D eigenvalue weighted by atomic mass is 19.1. The molecule has 4 aromatic rings. The van der Waals surface area contributed by atoms with Crippen molar-refractivity contribution in [3.63, 3.8) is 0 Å². The molecule has 0 amide bonds. The molecule has 0 saturated carbocycles. The molecule has 2 heterocycles. The molecule has 5 rings (SSSR count). The van der Waals surface area contributed by atoms with E-state index in [0.717, 1.165) is 11.0 Å². The summed E-state index contributed by atoms with van der Waals surface area (Å²) >= 11 is 0. The maximum absolute atomic E-state index is 13.7. The molecule has 5 nitrogen and oxygen atoms in total. The number of aromatic nitrogens is 2. The number of nitrogens with zero attached hydrogens (tertiary/aromatic N) is 2. The molecule has 0 saturated heterocycles. The third-order valence-electron chi connectivity index (χ3n) is 5.45. The quantitative estimate of drug-likeness (QED) is 0.446. The van der Waals surface area contributed by atoms with E-state index in [2.05, 4.69) is 5.32 Å². The fourth-order valence-electron chi connectivity index (χ4n) is 4.07. The van der Waals surface area contributed by atoms with Gasteiger partial charge in [-0.15, -0.1) is 0 Å². The van der Waals surface area contributed by atoms with Gasteiger partial charge in [-0.05, 0) is 66.6 Å². The average Bonchev–Trinajstić information content (AvgIpc) is 3.17. The number of imidazole rings is 1. The summed E-state index contributed by atoms with van der Waals surface area (Å²) < 4.78 is 34.7. The summed E-state index contributed by atoms with van der Waals surface area (Å²) in [5.41, 5.74) is 3.66. The molecule has 0 aliphatic carbocycles. The monoisotopic (exact) mass is 431 g/mol. The van der Waals surface area contributed by atoms with Gasteiger partial charge in [-0.2, -0.15) is 0 Å². The molecule has 0 fully saturated rings. The van der Waals surface area contributed by atoms with Crippen LogP contribution in [0.5, 0.6) is 0 Å². The number of esters is 1. The van der Waals surface area contributed by atoms with E-state index in [1.165, 1.54) is 24.3 Å².